The molecule has 0 spiro atoms. The molecule has 126 valence electrons. The Kier molecular flexibility index (Phi) is 6.14. The van der Waals surface area contributed by atoms with Crippen molar-refractivity contribution in [3.8, 4) is 5.75 Å². The number of nitrogen functional groups attached to an aromatic ring is 1. The number of nitrogens with one attached hydrogen (secondary N) is 1. The number of carbonyl (C=O) groups excluding carboxylic acids is 1. The second-order valence-electron chi connectivity index (χ2n) is 4.96. The minimum Gasteiger partial charge on any atom is -0.491 e. The average molecular weight is 394 g/mol. The molecular formula is C16H16BrN3O4. The Morgan fingerprint density at radius 1 is 1.29 bits per heavy atom. The molecule has 0 fully saturated rings. The zero-order chi connectivity index (χ0) is 17.5. The van der Waals surface area contributed by atoms with Crippen molar-refractivity contribution < 1.29 is 14.5 Å². The maximum atomic E-state index is 11.9. The normalized spacial score (nSPS) is 10.2. The lowest BCUT2D eigenvalue weighted by molar-refractivity contribution is -0.384. The van der Waals surface area contributed by atoms with E-state index >= 15 is 0 Å². The SMILES string of the molecule is Nc1ccccc1OCCCC(=O)Nc1cc([N+](=O)[O-])ccc1Br. The molecule has 0 bridgehead atoms. The number of hydrogen-bond acceptors (Lipinski definition) is 5. The van der Waals surface area contributed by atoms with Crippen LogP contribution in [0.15, 0.2) is 46.9 Å². The van der Waals surface area contributed by atoms with Crippen LogP contribution in [0.25, 0.3) is 0 Å². The molecule has 0 radical (unpaired) electrons. The summed E-state index contributed by atoms with van der Waals surface area (Å²) in [5, 5.41) is 13.4. The maximum absolute atomic E-state index is 11.9. The van der Waals surface area contributed by atoms with Gasteiger partial charge in [-0.1, -0.05) is 12.1 Å². The predicted molar refractivity (Wildman–Crippen MR) is 95.0 cm³/mol. The van der Waals surface area contributed by atoms with Gasteiger partial charge >= 0.3 is 0 Å². The molecule has 2 aromatic carbocycles. The molecule has 2 aromatic rings. The second kappa shape index (κ2) is 8.30. The summed E-state index contributed by atoms with van der Waals surface area (Å²) in [5.74, 6) is 0.333. The fourth-order valence-corrected chi connectivity index (χ4v) is 2.31. The van der Waals surface area contributed by atoms with E-state index in [4.69, 9.17) is 10.5 Å². The number of halogens is 1. The van der Waals surface area contributed by atoms with Crippen LogP contribution in [0.2, 0.25) is 0 Å². The number of ether oxygens (including phenoxy) is 1. The minimum absolute atomic E-state index is 0.0867. The maximum Gasteiger partial charge on any atom is 0.271 e. The topological polar surface area (TPSA) is 107 Å². The van der Waals surface area contributed by atoms with Gasteiger partial charge in [-0.2, -0.15) is 0 Å². The van der Waals surface area contributed by atoms with Crippen LogP contribution in [-0.4, -0.2) is 17.4 Å². The third kappa shape index (κ3) is 4.95. The van der Waals surface area contributed by atoms with Crippen LogP contribution in [0.5, 0.6) is 5.75 Å². The van der Waals surface area contributed by atoms with Crippen molar-refractivity contribution in [2.75, 3.05) is 17.7 Å². The van der Waals surface area contributed by atoms with Crippen molar-refractivity contribution in [2.24, 2.45) is 0 Å². The van der Waals surface area contributed by atoms with Crippen molar-refractivity contribution >= 4 is 38.9 Å². The Labute approximate surface area is 147 Å². The Morgan fingerprint density at radius 3 is 2.75 bits per heavy atom. The van der Waals surface area contributed by atoms with E-state index in [1.54, 1.807) is 12.1 Å². The first-order valence-electron chi connectivity index (χ1n) is 7.18. The van der Waals surface area contributed by atoms with Crippen molar-refractivity contribution in [1.29, 1.82) is 0 Å². The highest BCUT2D eigenvalue weighted by Gasteiger charge is 2.12. The van der Waals surface area contributed by atoms with Gasteiger partial charge in [0.05, 0.1) is 22.9 Å². The summed E-state index contributed by atoms with van der Waals surface area (Å²) in [6.07, 6.45) is 0.717. The highest BCUT2D eigenvalue weighted by Crippen LogP contribution is 2.27. The van der Waals surface area contributed by atoms with Crippen molar-refractivity contribution in [3.63, 3.8) is 0 Å². The molecule has 0 aromatic heterocycles. The zero-order valence-electron chi connectivity index (χ0n) is 12.7. The Balaban J connectivity index is 1.82. The van der Waals surface area contributed by atoms with E-state index in [-0.39, 0.29) is 18.0 Å². The average Bonchev–Trinajstić information content (AvgIpc) is 2.55. The smallest absolute Gasteiger partial charge is 0.271 e. The Morgan fingerprint density at radius 2 is 2.04 bits per heavy atom. The first kappa shape index (κ1) is 17.7. The number of nitro groups is 1. The number of anilines is 2. The van der Waals surface area contributed by atoms with Crippen LogP contribution < -0.4 is 15.8 Å². The molecule has 24 heavy (non-hydrogen) atoms. The molecule has 0 atom stereocenters. The highest BCUT2D eigenvalue weighted by molar-refractivity contribution is 9.10. The van der Waals surface area contributed by atoms with Gasteiger partial charge in [-0.05, 0) is 40.5 Å². The number of nitrogens with zero attached hydrogens (tertiary/aromatic N) is 1. The number of nitro benzene ring substituents is 1. The summed E-state index contributed by atoms with van der Waals surface area (Å²) in [7, 11) is 0. The Bertz CT molecular complexity index is 752. The lowest BCUT2D eigenvalue weighted by Gasteiger charge is -2.09. The quantitative estimate of drug-likeness (QED) is 0.322. The predicted octanol–water partition coefficient (Wildman–Crippen LogP) is 3.74. The van der Waals surface area contributed by atoms with Gasteiger partial charge in [-0.25, -0.2) is 0 Å². The molecular weight excluding hydrogens is 378 g/mol. The van der Waals surface area contributed by atoms with Crippen LogP contribution in [0.3, 0.4) is 0 Å². The molecule has 0 aliphatic carbocycles. The molecule has 0 saturated heterocycles. The van der Waals surface area contributed by atoms with Gasteiger partial charge in [0.2, 0.25) is 5.91 Å². The van der Waals surface area contributed by atoms with Gasteiger partial charge in [0.15, 0.2) is 0 Å². The second-order valence-corrected chi connectivity index (χ2v) is 5.81. The largest absolute Gasteiger partial charge is 0.491 e. The first-order valence-corrected chi connectivity index (χ1v) is 7.98. The van der Waals surface area contributed by atoms with E-state index in [1.165, 1.54) is 18.2 Å². The molecule has 3 N–H and O–H groups in total. The molecule has 0 unspecified atom stereocenters. The minimum atomic E-state index is -0.514. The molecule has 1 amide bonds. The first-order chi connectivity index (χ1) is 11.5. The van der Waals surface area contributed by atoms with Crippen molar-refractivity contribution in [2.45, 2.75) is 12.8 Å². The number of hydrogen-bond donors (Lipinski definition) is 2. The monoisotopic (exact) mass is 393 g/mol. The number of amides is 1. The summed E-state index contributed by atoms with van der Waals surface area (Å²) in [6, 6.07) is 11.3. The molecule has 0 aliphatic heterocycles. The summed E-state index contributed by atoms with van der Waals surface area (Å²) in [6.45, 7) is 0.345. The summed E-state index contributed by atoms with van der Waals surface area (Å²) < 4.78 is 6.09. The van der Waals surface area contributed by atoms with Gasteiger partial charge in [0.25, 0.3) is 5.69 Å². The van der Waals surface area contributed by atoms with Crippen LogP contribution >= 0.6 is 15.9 Å². The van der Waals surface area contributed by atoms with Crippen LogP contribution in [0.4, 0.5) is 17.1 Å². The summed E-state index contributed by atoms with van der Waals surface area (Å²) in [5.41, 5.74) is 6.58. The third-order valence-corrected chi connectivity index (χ3v) is 3.85. The van der Waals surface area contributed by atoms with E-state index in [0.717, 1.165) is 0 Å². The number of benzene rings is 2. The van der Waals surface area contributed by atoms with Crippen LogP contribution in [0.1, 0.15) is 12.8 Å². The number of rotatable bonds is 7. The van der Waals surface area contributed by atoms with Gasteiger partial charge < -0.3 is 15.8 Å². The highest BCUT2D eigenvalue weighted by atomic mass is 79.9. The zero-order valence-corrected chi connectivity index (χ0v) is 14.3. The third-order valence-electron chi connectivity index (χ3n) is 3.16. The van der Waals surface area contributed by atoms with Crippen molar-refractivity contribution in [1.82, 2.24) is 0 Å². The number of non-ortho nitro benzene ring substituents is 1. The lowest BCUT2D eigenvalue weighted by Crippen LogP contribution is -2.13. The lowest BCUT2D eigenvalue weighted by atomic mass is 10.2. The van der Waals surface area contributed by atoms with Crippen molar-refractivity contribution in [3.05, 3.63) is 57.1 Å². The molecule has 7 nitrogen and oxygen atoms in total. The van der Waals surface area contributed by atoms with E-state index in [0.29, 0.717) is 34.6 Å². The number of nitrogens with two attached hydrogens (primary N) is 1. The van der Waals surface area contributed by atoms with Gasteiger partial charge in [-0.15, -0.1) is 0 Å². The molecule has 0 saturated carbocycles. The van der Waals surface area contributed by atoms with Crippen LogP contribution in [-0.2, 0) is 4.79 Å². The number of para-hydroxylation sites is 2. The van der Waals surface area contributed by atoms with E-state index in [1.807, 2.05) is 12.1 Å². The van der Waals surface area contributed by atoms with E-state index in [2.05, 4.69) is 21.2 Å². The fraction of sp³-hybridized carbons (Fsp3) is 0.188. The van der Waals surface area contributed by atoms with Gasteiger partial charge in [0, 0.05) is 23.0 Å². The van der Waals surface area contributed by atoms with E-state index < -0.39 is 4.92 Å². The standard InChI is InChI=1S/C16H16BrN3O4/c17-12-8-7-11(20(22)23)10-14(12)19-16(21)6-3-9-24-15-5-2-1-4-13(15)18/h1-2,4-5,7-8,10H,3,6,9,18H2,(H,19,21). The van der Waals surface area contributed by atoms with Gasteiger partial charge in [-0.3, -0.25) is 14.9 Å². The molecule has 2 rings (SSSR count). The fourth-order valence-electron chi connectivity index (χ4n) is 1.96. The molecule has 8 heteroatoms. The van der Waals surface area contributed by atoms with Crippen LogP contribution in [0, 0.1) is 10.1 Å². The summed E-state index contributed by atoms with van der Waals surface area (Å²) >= 11 is 3.25. The summed E-state index contributed by atoms with van der Waals surface area (Å²) in [4.78, 5) is 22.2. The Hall–Kier alpha value is -2.61. The molecule has 0 aliphatic rings. The van der Waals surface area contributed by atoms with Gasteiger partial charge in [0.1, 0.15) is 5.75 Å². The van der Waals surface area contributed by atoms with E-state index in [9.17, 15) is 14.9 Å². The molecule has 0 heterocycles. The number of carbonyl (C=O) groups is 1.